The van der Waals surface area contributed by atoms with Crippen molar-refractivity contribution in [2.75, 3.05) is 40.3 Å². The van der Waals surface area contributed by atoms with E-state index in [0.29, 0.717) is 18.4 Å². The largest absolute Gasteiger partial charge is 0.331 e. The number of hydrogen-bond donors (Lipinski definition) is 1. The van der Waals surface area contributed by atoms with Crippen LogP contribution in [0.1, 0.15) is 31.2 Å². The van der Waals surface area contributed by atoms with Crippen LogP contribution in [0.4, 0.5) is 4.79 Å². The zero-order chi connectivity index (χ0) is 22.0. The molecule has 0 aromatic heterocycles. The topological polar surface area (TPSA) is 79.7 Å². The van der Waals surface area contributed by atoms with Gasteiger partial charge in [0.05, 0.1) is 12.6 Å². The Bertz CT molecular complexity index is 835. The maximum absolute atomic E-state index is 12.9. The average molecular weight is 424 g/mol. The Morgan fingerprint density at radius 1 is 1.19 bits per heavy atom. The molecule has 31 heavy (non-hydrogen) atoms. The molecule has 2 heterocycles. The molecule has 3 amide bonds. The van der Waals surface area contributed by atoms with Gasteiger partial charge in [-0.25, -0.2) is 4.79 Å². The van der Waals surface area contributed by atoms with Gasteiger partial charge in [-0.1, -0.05) is 30.3 Å². The number of nitrogens with one attached hydrogen (secondary N) is 1. The van der Waals surface area contributed by atoms with Crippen LogP contribution in [-0.2, 0) is 11.2 Å². The SMILES string of the molecule is CN(C)C(=O)N1CC2CC(Cc3ccccc3)(NCC(=O)N3CCC[C@H]3C#N)CC2C1. The van der Waals surface area contributed by atoms with Gasteiger partial charge in [0.25, 0.3) is 0 Å². The summed E-state index contributed by atoms with van der Waals surface area (Å²) in [5.41, 5.74) is 1.11. The van der Waals surface area contributed by atoms with Gasteiger partial charge in [0.2, 0.25) is 5.91 Å². The molecule has 7 heteroatoms. The Labute approximate surface area is 185 Å². The van der Waals surface area contributed by atoms with Crippen molar-refractivity contribution >= 4 is 11.9 Å². The molecule has 1 aromatic rings. The highest BCUT2D eigenvalue weighted by molar-refractivity contribution is 5.79. The highest BCUT2D eigenvalue weighted by Crippen LogP contribution is 2.45. The lowest BCUT2D eigenvalue weighted by molar-refractivity contribution is -0.130. The molecule has 7 nitrogen and oxygen atoms in total. The van der Waals surface area contributed by atoms with E-state index in [1.54, 1.807) is 23.9 Å². The first-order chi connectivity index (χ1) is 14.9. The smallest absolute Gasteiger partial charge is 0.319 e. The first kappa shape index (κ1) is 21.6. The van der Waals surface area contributed by atoms with Crippen LogP contribution in [0.25, 0.3) is 0 Å². The van der Waals surface area contributed by atoms with Gasteiger partial charge < -0.3 is 20.0 Å². The van der Waals surface area contributed by atoms with Crippen molar-refractivity contribution in [2.24, 2.45) is 11.8 Å². The summed E-state index contributed by atoms with van der Waals surface area (Å²) in [6.45, 7) is 2.52. The fraction of sp³-hybridized carbons (Fsp3) is 0.625. The second kappa shape index (κ2) is 8.88. The van der Waals surface area contributed by atoms with Crippen LogP contribution in [0, 0.1) is 23.2 Å². The molecule has 3 atom stereocenters. The van der Waals surface area contributed by atoms with Crippen molar-refractivity contribution in [3.8, 4) is 6.07 Å². The Morgan fingerprint density at radius 3 is 2.48 bits per heavy atom. The number of carbonyl (C=O) groups is 2. The van der Waals surface area contributed by atoms with E-state index in [9.17, 15) is 14.9 Å². The lowest BCUT2D eigenvalue weighted by atomic mass is 9.87. The maximum atomic E-state index is 12.9. The molecule has 0 spiro atoms. The van der Waals surface area contributed by atoms with Crippen LogP contribution in [0.5, 0.6) is 0 Å². The minimum atomic E-state index is -0.284. The summed E-state index contributed by atoms with van der Waals surface area (Å²) in [5, 5.41) is 13.0. The van der Waals surface area contributed by atoms with E-state index in [4.69, 9.17) is 0 Å². The van der Waals surface area contributed by atoms with E-state index in [1.165, 1.54) is 5.56 Å². The summed E-state index contributed by atoms with van der Waals surface area (Å²) in [5.74, 6) is 0.931. The number of likely N-dealkylation sites (tertiary alicyclic amines) is 2. The predicted molar refractivity (Wildman–Crippen MR) is 118 cm³/mol. The van der Waals surface area contributed by atoms with Gasteiger partial charge in [-0.15, -0.1) is 0 Å². The van der Waals surface area contributed by atoms with Gasteiger partial charge in [-0.05, 0) is 49.5 Å². The van der Waals surface area contributed by atoms with E-state index in [2.05, 4.69) is 35.7 Å². The molecule has 1 N–H and O–H groups in total. The standard InChI is InChI=1S/C24H33N5O2/c1-27(2)23(31)28-16-19-12-24(13-20(19)17-28,11-18-7-4-3-5-8-18)26-15-22(30)29-10-6-9-21(29)14-25/h3-5,7-8,19-21,26H,6,9-13,15-17H2,1-2H3/t19?,20?,21-,24?/m0/s1. The lowest BCUT2D eigenvalue weighted by Crippen LogP contribution is -2.51. The molecule has 1 aromatic carbocycles. The van der Waals surface area contributed by atoms with Gasteiger partial charge in [0.1, 0.15) is 6.04 Å². The van der Waals surface area contributed by atoms with Crippen molar-refractivity contribution in [1.29, 1.82) is 5.26 Å². The third-order valence-electron chi connectivity index (χ3n) is 7.26. The summed E-state index contributed by atoms with van der Waals surface area (Å²) in [6.07, 6.45) is 4.46. The van der Waals surface area contributed by atoms with Gasteiger partial charge in [0.15, 0.2) is 0 Å². The van der Waals surface area contributed by atoms with E-state index < -0.39 is 0 Å². The number of nitrogens with zero attached hydrogens (tertiary/aromatic N) is 4. The van der Waals surface area contributed by atoms with E-state index in [1.807, 2.05) is 11.0 Å². The van der Waals surface area contributed by atoms with Crippen molar-refractivity contribution in [1.82, 2.24) is 20.0 Å². The zero-order valence-corrected chi connectivity index (χ0v) is 18.6. The number of hydrogen-bond acceptors (Lipinski definition) is 4. The summed E-state index contributed by atoms with van der Waals surface area (Å²) < 4.78 is 0. The van der Waals surface area contributed by atoms with Crippen molar-refractivity contribution < 1.29 is 9.59 Å². The first-order valence-corrected chi connectivity index (χ1v) is 11.3. The number of fused-ring (bicyclic) bond motifs is 1. The Morgan fingerprint density at radius 2 is 1.87 bits per heavy atom. The molecular formula is C24H33N5O2. The predicted octanol–water partition coefficient (Wildman–Crippen LogP) is 2.10. The van der Waals surface area contributed by atoms with Gasteiger partial charge >= 0.3 is 6.03 Å². The van der Waals surface area contributed by atoms with Crippen LogP contribution in [0.15, 0.2) is 30.3 Å². The van der Waals surface area contributed by atoms with Crippen LogP contribution < -0.4 is 5.32 Å². The summed E-state index contributed by atoms with van der Waals surface area (Å²) in [6, 6.07) is 12.5. The monoisotopic (exact) mass is 423 g/mol. The lowest BCUT2D eigenvalue weighted by Gasteiger charge is -2.34. The third kappa shape index (κ3) is 4.54. The molecular weight excluding hydrogens is 390 g/mol. The minimum absolute atomic E-state index is 0.0259. The van der Waals surface area contributed by atoms with E-state index in [0.717, 1.165) is 45.2 Å². The molecule has 3 fully saturated rings. The van der Waals surface area contributed by atoms with Gasteiger partial charge in [-0.3, -0.25) is 4.79 Å². The van der Waals surface area contributed by atoms with Crippen molar-refractivity contribution in [3.05, 3.63) is 35.9 Å². The molecule has 0 bridgehead atoms. The number of rotatable bonds is 5. The molecule has 1 aliphatic carbocycles. The van der Waals surface area contributed by atoms with Crippen LogP contribution in [0.2, 0.25) is 0 Å². The van der Waals surface area contributed by atoms with Crippen LogP contribution in [-0.4, -0.2) is 78.5 Å². The second-order valence-corrected chi connectivity index (χ2v) is 9.68. The molecule has 2 unspecified atom stereocenters. The molecule has 4 rings (SSSR count). The number of nitriles is 1. The molecule has 2 saturated heterocycles. The number of carbonyl (C=O) groups excluding carboxylic acids is 2. The third-order valence-corrected chi connectivity index (χ3v) is 7.26. The van der Waals surface area contributed by atoms with Crippen molar-refractivity contribution in [3.63, 3.8) is 0 Å². The van der Waals surface area contributed by atoms with Crippen LogP contribution >= 0.6 is 0 Å². The molecule has 2 aliphatic heterocycles. The Kier molecular flexibility index (Phi) is 6.19. The number of benzene rings is 1. The Hall–Kier alpha value is -2.59. The summed E-state index contributed by atoms with van der Waals surface area (Å²) in [7, 11) is 3.60. The fourth-order valence-corrected chi connectivity index (χ4v) is 5.83. The zero-order valence-electron chi connectivity index (χ0n) is 18.6. The highest BCUT2D eigenvalue weighted by atomic mass is 16.2. The average Bonchev–Trinajstić information content (AvgIpc) is 3.46. The van der Waals surface area contributed by atoms with Crippen LogP contribution in [0.3, 0.4) is 0 Å². The first-order valence-electron chi connectivity index (χ1n) is 11.3. The molecule has 1 saturated carbocycles. The quantitative estimate of drug-likeness (QED) is 0.787. The fourth-order valence-electron chi connectivity index (χ4n) is 5.83. The van der Waals surface area contributed by atoms with Gasteiger partial charge in [-0.2, -0.15) is 5.26 Å². The van der Waals surface area contributed by atoms with E-state index >= 15 is 0 Å². The minimum Gasteiger partial charge on any atom is -0.331 e. The highest BCUT2D eigenvalue weighted by Gasteiger charge is 2.50. The summed E-state index contributed by atoms with van der Waals surface area (Å²) >= 11 is 0. The van der Waals surface area contributed by atoms with E-state index in [-0.39, 0.29) is 30.1 Å². The number of urea groups is 1. The second-order valence-electron chi connectivity index (χ2n) is 9.68. The molecule has 166 valence electrons. The van der Waals surface area contributed by atoms with Crippen molar-refractivity contribution in [2.45, 2.75) is 43.7 Å². The normalized spacial score (nSPS) is 29.6. The molecule has 3 aliphatic rings. The Balaban J connectivity index is 1.45. The summed E-state index contributed by atoms with van der Waals surface area (Å²) in [4.78, 5) is 30.6. The number of amides is 3. The molecule has 0 radical (unpaired) electrons. The maximum Gasteiger partial charge on any atom is 0.319 e. The van der Waals surface area contributed by atoms with Gasteiger partial charge in [0, 0.05) is 39.3 Å².